The van der Waals surface area contributed by atoms with Crippen LogP contribution < -0.4 is 5.56 Å². The molecule has 38 heavy (non-hydrogen) atoms. The summed E-state index contributed by atoms with van der Waals surface area (Å²) in [5, 5.41) is 7.30. The number of aryl methyl sites for hydroxylation is 1. The number of carbonyl (C=O) groups is 1. The first-order chi connectivity index (χ1) is 18.5. The van der Waals surface area contributed by atoms with Crippen LogP contribution in [0.25, 0.3) is 22.0 Å². The van der Waals surface area contributed by atoms with Crippen molar-refractivity contribution in [3.63, 3.8) is 0 Å². The molecule has 1 N–H and O–H groups in total. The number of nitrogens with one attached hydrogen (secondary N) is 1. The number of hydrogen-bond acceptors (Lipinski definition) is 3. The molecule has 5 aromatic rings. The summed E-state index contributed by atoms with van der Waals surface area (Å²) in [6.07, 6.45) is 0.421. The van der Waals surface area contributed by atoms with E-state index in [1.165, 1.54) is 5.01 Å². The number of carbonyl (C=O) groups excluding carboxylic acids is 1. The molecule has 5 nitrogen and oxygen atoms in total. The molecule has 1 aromatic heterocycles. The van der Waals surface area contributed by atoms with Crippen molar-refractivity contribution in [3.8, 4) is 11.1 Å². The van der Waals surface area contributed by atoms with Crippen LogP contribution in [0.2, 0.25) is 0 Å². The minimum absolute atomic E-state index is 0.199. The molecule has 1 amide bonds. The number of benzene rings is 4. The highest BCUT2D eigenvalue weighted by atomic mass is 79.9. The van der Waals surface area contributed by atoms with Gasteiger partial charge >= 0.3 is 0 Å². The van der Waals surface area contributed by atoms with Gasteiger partial charge in [0.15, 0.2) is 0 Å². The van der Waals surface area contributed by atoms with E-state index in [0.717, 1.165) is 37.6 Å². The molecule has 0 spiro atoms. The Kier molecular flexibility index (Phi) is 6.26. The lowest BCUT2D eigenvalue weighted by Crippen LogP contribution is -2.27. The summed E-state index contributed by atoms with van der Waals surface area (Å²) in [5.41, 5.74) is 5.91. The van der Waals surface area contributed by atoms with Gasteiger partial charge in [-0.25, -0.2) is 5.01 Å². The molecule has 0 radical (unpaired) electrons. The van der Waals surface area contributed by atoms with Crippen molar-refractivity contribution in [2.75, 3.05) is 0 Å². The van der Waals surface area contributed by atoms with Gasteiger partial charge in [0.2, 0.25) is 0 Å². The predicted molar refractivity (Wildman–Crippen MR) is 155 cm³/mol. The maximum atomic E-state index is 13.7. The third kappa shape index (κ3) is 4.37. The van der Waals surface area contributed by atoms with Gasteiger partial charge in [0.05, 0.1) is 17.3 Å². The van der Waals surface area contributed by atoms with Crippen molar-refractivity contribution < 1.29 is 4.79 Å². The Balaban J connectivity index is 1.57. The summed E-state index contributed by atoms with van der Waals surface area (Å²) in [4.78, 5) is 30.5. The first-order valence-electron chi connectivity index (χ1n) is 12.4. The standard InChI is InChI=1S/C32H24BrN3O2/c1-20-12-14-23(15-13-20)32(38)36-28(21-8-4-2-5-9-21)19-27(35-36)30-29(22-10-6-3-7-11-22)25-18-24(33)16-17-26(25)34-31(30)37/h2-18,28H,19H2,1H3,(H,34,37)/t28-/m0/s1. The fourth-order valence-corrected chi connectivity index (χ4v) is 5.42. The smallest absolute Gasteiger partial charge is 0.274 e. The normalized spacial score (nSPS) is 15.1. The van der Waals surface area contributed by atoms with Crippen LogP contribution in [0, 0.1) is 6.92 Å². The minimum atomic E-state index is -0.332. The number of nitrogens with zero attached hydrogens (tertiary/aromatic N) is 2. The maximum absolute atomic E-state index is 13.7. The quantitative estimate of drug-likeness (QED) is 0.251. The van der Waals surface area contributed by atoms with E-state index in [0.29, 0.717) is 23.3 Å². The van der Waals surface area contributed by atoms with Gasteiger partial charge in [0, 0.05) is 32.9 Å². The Morgan fingerprint density at radius 3 is 2.29 bits per heavy atom. The summed E-state index contributed by atoms with van der Waals surface area (Å²) in [7, 11) is 0. The third-order valence-corrected chi connectivity index (χ3v) is 7.42. The van der Waals surface area contributed by atoms with Gasteiger partial charge in [-0.15, -0.1) is 0 Å². The van der Waals surface area contributed by atoms with Crippen molar-refractivity contribution in [2.24, 2.45) is 5.10 Å². The van der Waals surface area contributed by atoms with Crippen molar-refractivity contribution in [3.05, 3.63) is 140 Å². The lowest BCUT2D eigenvalue weighted by Gasteiger charge is -2.22. The van der Waals surface area contributed by atoms with E-state index in [1.807, 2.05) is 110 Å². The van der Waals surface area contributed by atoms with Gasteiger partial charge in [-0.05, 0) is 48.4 Å². The second-order valence-corrected chi connectivity index (χ2v) is 10.4. The van der Waals surface area contributed by atoms with Crippen molar-refractivity contribution in [2.45, 2.75) is 19.4 Å². The number of aromatic nitrogens is 1. The first-order valence-corrected chi connectivity index (χ1v) is 13.2. The van der Waals surface area contributed by atoms with Crippen molar-refractivity contribution in [1.29, 1.82) is 0 Å². The number of aromatic amines is 1. The second kappa shape index (κ2) is 9.88. The predicted octanol–water partition coefficient (Wildman–Crippen LogP) is 7.26. The van der Waals surface area contributed by atoms with Crippen LogP contribution in [-0.4, -0.2) is 21.6 Å². The number of rotatable bonds is 4. The van der Waals surface area contributed by atoms with Gasteiger partial charge in [0.25, 0.3) is 11.5 Å². The highest BCUT2D eigenvalue weighted by Crippen LogP contribution is 2.38. The zero-order valence-electron chi connectivity index (χ0n) is 20.7. The summed E-state index contributed by atoms with van der Waals surface area (Å²) in [6.45, 7) is 1.99. The lowest BCUT2D eigenvalue weighted by atomic mass is 9.91. The number of hydrazone groups is 1. The molecule has 0 saturated carbocycles. The highest BCUT2D eigenvalue weighted by Gasteiger charge is 2.35. The summed E-state index contributed by atoms with van der Waals surface area (Å²) < 4.78 is 0.909. The third-order valence-electron chi connectivity index (χ3n) is 6.93. The largest absolute Gasteiger partial charge is 0.321 e. The van der Waals surface area contributed by atoms with E-state index in [-0.39, 0.29) is 17.5 Å². The number of halogens is 1. The molecule has 1 aliphatic heterocycles. The van der Waals surface area contributed by atoms with Gasteiger partial charge < -0.3 is 4.98 Å². The Bertz CT molecular complexity index is 1740. The fraction of sp³-hybridized carbons (Fsp3) is 0.0938. The zero-order chi connectivity index (χ0) is 26.2. The van der Waals surface area contributed by atoms with Crippen LogP contribution in [0.4, 0.5) is 0 Å². The molecule has 0 bridgehead atoms. The molecule has 1 aliphatic rings. The monoisotopic (exact) mass is 561 g/mol. The van der Waals surface area contributed by atoms with Crippen LogP contribution >= 0.6 is 15.9 Å². The first kappa shape index (κ1) is 24.1. The van der Waals surface area contributed by atoms with Gasteiger partial charge in [-0.2, -0.15) is 5.10 Å². The van der Waals surface area contributed by atoms with E-state index in [4.69, 9.17) is 5.10 Å². The Morgan fingerprint density at radius 1 is 0.895 bits per heavy atom. The van der Waals surface area contributed by atoms with Crippen LogP contribution in [0.3, 0.4) is 0 Å². The minimum Gasteiger partial charge on any atom is -0.321 e. The molecule has 6 heteroatoms. The Hall–Kier alpha value is -4.29. The maximum Gasteiger partial charge on any atom is 0.274 e. The van der Waals surface area contributed by atoms with E-state index >= 15 is 0 Å². The van der Waals surface area contributed by atoms with Gasteiger partial charge in [-0.1, -0.05) is 94.3 Å². The van der Waals surface area contributed by atoms with E-state index in [2.05, 4.69) is 20.9 Å². The average Bonchev–Trinajstić information content (AvgIpc) is 3.38. The van der Waals surface area contributed by atoms with Crippen molar-refractivity contribution >= 4 is 38.5 Å². The number of pyridine rings is 1. The summed E-state index contributed by atoms with van der Waals surface area (Å²) in [6, 6.07) is 32.7. The van der Waals surface area contributed by atoms with Crippen LogP contribution in [0.5, 0.6) is 0 Å². The van der Waals surface area contributed by atoms with E-state index in [9.17, 15) is 9.59 Å². The molecule has 0 saturated heterocycles. The molecule has 1 atom stereocenters. The number of hydrogen-bond donors (Lipinski definition) is 1. The fourth-order valence-electron chi connectivity index (χ4n) is 5.06. The number of H-pyrrole nitrogens is 1. The van der Waals surface area contributed by atoms with E-state index in [1.54, 1.807) is 0 Å². The molecule has 0 aliphatic carbocycles. The van der Waals surface area contributed by atoms with Gasteiger partial charge in [-0.3, -0.25) is 9.59 Å². The Morgan fingerprint density at radius 2 is 1.58 bits per heavy atom. The lowest BCUT2D eigenvalue weighted by molar-refractivity contribution is 0.0711. The average molecular weight is 562 g/mol. The second-order valence-electron chi connectivity index (χ2n) is 9.45. The van der Waals surface area contributed by atoms with Crippen LogP contribution in [-0.2, 0) is 0 Å². The molecule has 186 valence electrons. The van der Waals surface area contributed by atoms with Crippen LogP contribution in [0.1, 0.15) is 39.5 Å². The van der Waals surface area contributed by atoms with Gasteiger partial charge in [0.1, 0.15) is 0 Å². The van der Waals surface area contributed by atoms with Crippen LogP contribution in [0.15, 0.2) is 117 Å². The Labute approximate surface area is 228 Å². The molecule has 6 rings (SSSR count). The number of amides is 1. The summed E-state index contributed by atoms with van der Waals surface area (Å²) in [5.74, 6) is -0.199. The topological polar surface area (TPSA) is 65.5 Å². The zero-order valence-corrected chi connectivity index (χ0v) is 22.3. The van der Waals surface area contributed by atoms with Crippen molar-refractivity contribution in [1.82, 2.24) is 9.99 Å². The molecule has 0 fully saturated rings. The number of fused-ring (bicyclic) bond motifs is 1. The molecule has 0 unspecified atom stereocenters. The molecular weight excluding hydrogens is 538 g/mol. The molecular formula is C32H24BrN3O2. The molecule has 2 heterocycles. The molecule has 4 aromatic carbocycles. The summed E-state index contributed by atoms with van der Waals surface area (Å²) >= 11 is 3.59. The van der Waals surface area contributed by atoms with E-state index < -0.39 is 0 Å². The SMILES string of the molecule is Cc1ccc(C(=O)N2N=C(c3c(-c4ccccc4)c4cc(Br)ccc4[nH]c3=O)C[C@H]2c2ccccc2)cc1. The highest BCUT2D eigenvalue weighted by molar-refractivity contribution is 9.10.